The Kier molecular flexibility index (Phi) is 5.50. The molecular weight excluding hydrogens is 545 g/mol. The number of anilines is 3. The van der Waals surface area contributed by atoms with Crippen LogP contribution in [0.4, 0.5) is 17.1 Å². The molecule has 0 bridgehead atoms. The van der Waals surface area contributed by atoms with E-state index in [1.807, 2.05) is 17.5 Å². The van der Waals surface area contributed by atoms with Gasteiger partial charge in [-0.15, -0.1) is 11.3 Å². The lowest BCUT2D eigenvalue weighted by Crippen LogP contribution is -2.10. The molecule has 9 rings (SSSR count). The number of hydrogen-bond donors (Lipinski definition) is 0. The Labute approximate surface area is 253 Å². The first kappa shape index (κ1) is 24.4. The smallest absolute Gasteiger partial charge is 0.154 e. The summed E-state index contributed by atoms with van der Waals surface area (Å²) >= 11 is 1.85. The number of pyridine rings is 1. The number of thiophene rings is 1. The monoisotopic (exact) mass is 570 g/mol. The van der Waals surface area contributed by atoms with Crippen LogP contribution < -0.4 is 4.90 Å². The maximum atomic E-state index is 6.33. The van der Waals surface area contributed by atoms with Gasteiger partial charge >= 0.3 is 0 Å². The Balaban J connectivity index is 1.29. The third-order valence-corrected chi connectivity index (χ3v) is 9.77. The molecule has 0 atom stereocenters. The van der Waals surface area contributed by atoms with Crippen molar-refractivity contribution < 1.29 is 4.42 Å². The van der Waals surface area contributed by atoms with Crippen LogP contribution in [0.15, 0.2) is 132 Å². The first-order valence-corrected chi connectivity index (χ1v) is 15.5. The Morgan fingerprint density at radius 1 is 0.674 bits per heavy atom. The van der Waals surface area contributed by atoms with Crippen molar-refractivity contribution in [2.75, 3.05) is 4.90 Å². The Hall–Kier alpha value is -5.19. The van der Waals surface area contributed by atoms with Crippen LogP contribution in [0.25, 0.3) is 59.3 Å². The molecule has 0 unspecified atom stereocenters. The van der Waals surface area contributed by atoms with Crippen molar-refractivity contribution in [1.82, 2.24) is 4.98 Å². The Morgan fingerprint density at radius 2 is 1.47 bits per heavy atom. The predicted octanol–water partition coefficient (Wildman–Crippen LogP) is 11.4. The molecule has 1 aliphatic rings. The zero-order valence-corrected chi connectivity index (χ0v) is 24.1. The standard InChI is InChI=1S/C39H26N2OS/c1-2-9-25(10-3-1)26-17-19-27(20-18-26)41(34-15-8-13-30-29-11-5-7-16-37(29)43-39(30)34)28-21-22-35-32(23-28)38-31-12-4-6-14-33(31)40-24-36(38)42-35/h1-5,7-13,15-24H,6,14H2. The first-order chi connectivity index (χ1) is 21.3. The molecule has 3 nitrogen and oxygen atoms in total. The minimum absolute atomic E-state index is 0.836. The van der Waals surface area contributed by atoms with Gasteiger partial charge in [-0.05, 0) is 66.4 Å². The summed E-state index contributed by atoms with van der Waals surface area (Å²) in [6.07, 6.45) is 8.34. The van der Waals surface area contributed by atoms with E-state index >= 15 is 0 Å². The minimum Gasteiger partial charge on any atom is -0.454 e. The fourth-order valence-corrected chi connectivity index (χ4v) is 7.74. The largest absolute Gasteiger partial charge is 0.454 e. The molecular formula is C39H26N2OS. The van der Waals surface area contributed by atoms with Crippen LogP contribution in [0.3, 0.4) is 0 Å². The van der Waals surface area contributed by atoms with E-state index in [0.29, 0.717) is 0 Å². The molecule has 43 heavy (non-hydrogen) atoms. The van der Waals surface area contributed by atoms with Crippen LogP contribution in [0.1, 0.15) is 17.7 Å². The van der Waals surface area contributed by atoms with Crippen molar-refractivity contribution in [3.8, 4) is 11.1 Å². The van der Waals surface area contributed by atoms with Gasteiger partial charge in [-0.3, -0.25) is 4.98 Å². The summed E-state index contributed by atoms with van der Waals surface area (Å²) in [6, 6.07) is 41.4. The van der Waals surface area contributed by atoms with Gasteiger partial charge in [0.25, 0.3) is 0 Å². The molecule has 3 aromatic heterocycles. The van der Waals surface area contributed by atoms with Crippen LogP contribution in [-0.2, 0) is 6.42 Å². The second-order valence-electron chi connectivity index (χ2n) is 11.1. The van der Waals surface area contributed by atoms with Gasteiger partial charge in [0, 0.05) is 48.9 Å². The van der Waals surface area contributed by atoms with Crippen molar-refractivity contribution in [2.45, 2.75) is 12.8 Å². The number of aromatic nitrogens is 1. The van der Waals surface area contributed by atoms with Gasteiger partial charge < -0.3 is 9.32 Å². The topological polar surface area (TPSA) is 29.3 Å². The number of allylic oxidation sites excluding steroid dienone is 1. The van der Waals surface area contributed by atoms with E-state index in [0.717, 1.165) is 51.8 Å². The van der Waals surface area contributed by atoms with Crippen molar-refractivity contribution in [1.29, 1.82) is 0 Å². The van der Waals surface area contributed by atoms with E-state index in [9.17, 15) is 0 Å². The molecule has 0 N–H and O–H groups in total. The average molecular weight is 571 g/mol. The third kappa shape index (κ3) is 3.91. The second kappa shape index (κ2) is 9.69. The van der Waals surface area contributed by atoms with E-state index in [1.54, 1.807) is 0 Å². The van der Waals surface area contributed by atoms with Gasteiger partial charge in [0.15, 0.2) is 5.58 Å². The lowest BCUT2D eigenvalue weighted by molar-refractivity contribution is 0.666. The maximum absolute atomic E-state index is 6.33. The lowest BCUT2D eigenvalue weighted by Gasteiger charge is -2.26. The van der Waals surface area contributed by atoms with Crippen LogP contribution in [0.5, 0.6) is 0 Å². The number of benzene rings is 5. The Morgan fingerprint density at radius 3 is 2.37 bits per heavy atom. The lowest BCUT2D eigenvalue weighted by atomic mass is 9.98. The van der Waals surface area contributed by atoms with E-state index in [4.69, 9.17) is 9.40 Å². The van der Waals surface area contributed by atoms with Gasteiger partial charge in [-0.2, -0.15) is 0 Å². The van der Waals surface area contributed by atoms with E-state index in [2.05, 4.69) is 132 Å². The van der Waals surface area contributed by atoms with Crippen molar-refractivity contribution in [3.05, 3.63) is 139 Å². The summed E-state index contributed by atoms with van der Waals surface area (Å²) in [4.78, 5) is 7.13. The molecule has 4 heteroatoms. The molecule has 0 saturated heterocycles. The molecule has 0 fully saturated rings. The highest BCUT2D eigenvalue weighted by Crippen LogP contribution is 2.46. The third-order valence-electron chi connectivity index (χ3n) is 8.56. The molecule has 5 aromatic carbocycles. The second-order valence-corrected chi connectivity index (χ2v) is 12.1. The fourth-order valence-electron chi connectivity index (χ4n) is 6.53. The summed E-state index contributed by atoms with van der Waals surface area (Å²) in [6.45, 7) is 0. The van der Waals surface area contributed by atoms with Gasteiger partial charge in [-0.1, -0.05) is 84.9 Å². The van der Waals surface area contributed by atoms with Crippen molar-refractivity contribution >= 4 is 76.6 Å². The van der Waals surface area contributed by atoms with E-state index in [1.165, 1.54) is 42.6 Å². The summed E-state index contributed by atoms with van der Waals surface area (Å²) in [5.41, 5.74) is 9.84. The summed E-state index contributed by atoms with van der Waals surface area (Å²) in [7, 11) is 0. The summed E-state index contributed by atoms with van der Waals surface area (Å²) < 4.78 is 8.90. The number of hydrogen-bond acceptors (Lipinski definition) is 4. The van der Waals surface area contributed by atoms with E-state index in [-0.39, 0.29) is 0 Å². The van der Waals surface area contributed by atoms with Gasteiger partial charge in [-0.25, -0.2) is 0 Å². The zero-order chi connectivity index (χ0) is 28.3. The molecule has 0 aliphatic heterocycles. The molecule has 1 aliphatic carbocycles. The minimum atomic E-state index is 0.836. The number of furan rings is 1. The van der Waals surface area contributed by atoms with Crippen LogP contribution >= 0.6 is 11.3 Å². The highest BCUT2D eigenvalue weighted by atomic mass is 32.1. The highest BCUT2D eigenvalue weighted by Gasteiger charge is 2.21. The van der Waals surface area contributed by atoms with Crippen LogP contribution in [-0.4, -0.2) is 4.98 Å². The summed E-state index contributed by atoms with van der Waals surface area (Å²) in [5, 5.41) is 4.85. The van der Waals surface area contributed by atoms with Crippen molar-refractivity contribution in [3.63, 3.8) is 0 Å². The molecule has 3 heterocycles. The number of rotatable bonds is 4. The highest BCUT2D eigenvalue weighted by molar-refractivity contribution is 7.26. The first-order valence-electron chi connectivity index (χ1n) is 14.7. The maximum Gasteiger partial charge on any atom is 0.154 e. The summed E-state index contributed by atoms with van der Waals surface area (Å²) in [5.74, 6) is 0. The van der Waals surface area contributed by atoms with Crippen molar-refractivity contribution in [2.24, 2.45) is 0 Å². The average Bonchev–Trinajstić information content (AvgIpc) is 3.65. The number of aryl methyl sites for hydroxylation is 1. The predicted molar refractivity (Wildman–Crippen MR) is 182 cm³/mol. The van der Waals surface area contributed by atoms with E-state index < -0.39 is 0 Å². The number of fused-ring (bicyclic) bond motifs is 8. The molecule has 0 spiro atoms. The SMILES string of the molecule is C1=Cc2c(ncc3oc4ccc(N(c5ccc(-c6ccccc6)cc5)c5cccc6c5sc5ccccc56)cc4c23)CC1. The van der Waals surface area contributed by atoms with Crippen LogP contribution in [0, 0.1) is 0 Å². The van der Waals surface area contributed by atoms with Crippen LogP contribution in [0.2, 0.25) is 0 Å². The normalized spacial score (nSPS) is 12.8. The van der Waals surface area contributed by atoms with Gasteiger partial charge in [0.1, 0.15) is 5.58 Å². The van der Waals surface area contributed by atoms with Gasteiger partial charge in [0.2, 0.25) is 0 Å². The quantitative estimate of drug-likeness (QED) is 0.211. The zero-order valence-electron chi connectivity index (χ0n) is 23.3. The molecule has 8 aromatic rings. The molecule has 0 radical (unpaired) electrons. The van der Waals surface area contributed by atoms with Gasteiger partial charge in [0.05, 0.1) is 16.6 Å². The Bertz CT molecular complexity index is 2350. The molecule has 0 saturated carbocycles. The fraction of sp³-hybridized carbons (Fsp3) is 0.0513. The molecule has 204 valence electrons. The molecule has 0 amide bonds. The number of nitrogens with zero attached hydrogens (tertiary/aromatic N) is 2.